The fourth-order valence-corrected chi connectivity index (χ4v) is 0.960. The molecule has 0 aliphatic carbocycles. The summed E-state index contributed by atoms with van der Waals surface area (Å²) in [6, 6.07) is -0.354. The third-order valence-electron chi connectivity index (χ3n) is 2.02. The van der Waals surface area contributed by atoms with Crippen LogP contribution in [0.3, 0.4) is 0 Å². The summed E-state index contributed by atoms with van der Waals surface area (Å²) in [6.45, 7) is 2.09. The number of hydrogen-bond donors (Lipinski definition) is 2. The van der Waals surface area contributed by atoms with Crippen LogP contribution < -0.4 is 5.32 Å². The summed E-state index contributed by atoms with van der Waals surface area (Å²) in [6.07, 6.45) is 5.51. The fraction of sp³-hybridized carbons (Fsp3) is 0.600. The summed E-state index contributed by atoms with van der Waals surface area (Å²) in [5.74, 6) is 0.868. The first-order valence-corrected chi connectivity index (χ1v) is 4.68. The number of carbonyl (C=O) groups excluding carboxylic acids is 1. The van der Waals surface area contributed by atoms with Gasteiger partial charge in [-0.15, -0.1) is 6.42 Å². The molecule has 2 N–H and O–H groups in total. The Morgan fingerprint density at radius 2 is 2.20 bits per heavy atom. The maximum absolute atomic E-state index is 11.3. The van der Waals surface area contributed by atoms with Crippen LogP contribution in [0.4, 0.5) is 4.79 Å². The van der Waals surface area contributed by atoms with Gasteiger partial charge in [0.05, 0.1) is 12.5 Å². The lowest BCUT2D eigenvalue weighted by molar-refractivity contribution is -0.141. The van der Waals surface area contributed by atoms with Gasteiger partial charge >= 0.3 is 12.0 Å². The van der Waals surface area contributed by atoms with Crippen molar-refractivity contribution in [2.24, 2.45) is 5.92 Å². The third kappa shape index (κ3) is 4.91. The Kier molecular flexibility index (Phi) is 5.95. The van der Waals surface area contributed by atoms with Crippen molar-refractivity contribution in [1.82, 2.24) is 10.2 Å². The number of carboxylic acids is 1. The maximum Gasteiger partial charge on any atom is 0.317 e. The van der Waals surface area contributed by atoms with Crippen molar-refractivity contribution in [1.29, 1.82) is 0 Å². The molecular formula is C10H16N2O3. The molecule has 0 aliphatic rings. The van der Waals surface area contributed by atoms with Gasteiger partial charge in [-0.1, -0.05) is 12.8 Å². The van der Waals surface area contributed by atoms with Crippen LogP contribution in [-0.4, -0.2) is 42.1 Å². The number of nitrogens with zero attached hydrogens (tertiary/aromatic N) is 1. The van der Waals surface area contributed by atoms with E-state index in [4.69, 9.17) is 11.5 Å². The SMILES string of the molecule is C#CCN(C)C(=O)NCC(CC)C(=O)O. The summed E-state index contributed by atoms with van der Waals surface area (Å²) >= 11 is 0. The van der Waals surface area contributed by atoms with Gasteiger partial charge in [0.1, 0.15) is 0 Å². The highest BCUT2D eigenvalue weighted by Crippen LogP contribution is 2.00. The lowest BCUT2D eigenvalue weighted by atomic mass is 10.1. The predicted octanol–water partition coefficient (Wildman–Crippen LogP) is 0.372. The normalized spacial score (nSPS) is 11.3. The van der Waals surface area contributed by atoms with Crippen LogP contribution in [0.15, 0.2) is 0 Å². The first-order chi connectivity index (χ1) is 7.02. The minimum Gasteiger partial charge on any atom is -0.481 e. The molecule has 1 atom stereocenters. The molecule has 0 saturated heterocycles. The van der Waals surface area contributed by atoms with E-state index >= 15 is 0 Å². The van der Waals surface area contributed by atoms with Crippen LogP contribution in [0.1, 0.15) is 13.3 Å². The van der Waals surface area contributed by atoms with Crippen LogP contribution in [-0.2, 0) is 4.79 Å². The molecule has 0 aliphatic heterocycles. The van der Waals surface area contributed by atoms with Crippen molar-refractivity contribution in [3.63, 3.8) is 0 Å². The highest BCUT2D eigenvalue weighted by Gasteiger charge is 2.16. The van der Waals surface area contributed by atoms with Gasteiger partial charge < -0.3 is 15.3 Å². The van der Waals surface area contributed by atoms with Gasteiger partial charge in [0.15, 0.2) is 0 Å². The molecule has 2 amide bonds. The summed E-state index contributed by atoms with van der Waals surface area (Å²) < 4.78 is 0. The number of urea groups is 1. The van der Waals surface area contributed by atoms with E-state index in [1.165, 1.54) is 4.90 Å². The Labute approximate surface area is 89.4 Å². The van der Waals surface area contributed by atoms with Crippen molar-refractivity contribution < 1.29 is 14.7 Å². The largest absolute Gasteiger partial charge is 0.481 e. The minimum atomic E-state index is -0.905. The first-order valence-electron chi connectivity index (χ1n) is 4.68. The van der Waals surface area contributed by atoms with Crippen LogP contribution in [0.2, 0.25) is 0 Å². The lowest BCUT2D eigenvalue weighted by Crippen LogP contribution is -2.41. The molecule has 0 aromatic carbocycles. The molecule has 0 bridgehead atoms. The van der Waals surface area contributed by atoms with Crippen molar-refractivity contribution in [2.75, 3.05) is 20.1 Å². The highest BCUT2D eigenvalue weighted by atomic mass is 16.4. The second kappa shape index (κ2) is 6.71. The highest BCUT2D eigenvalue weighted by molar-refractivity contribution is 5.76. The molecule has 0 spiro atoms. The van der Waals surface area contributed by atoms with Crippen molar-refractivity contribution in [2.45, 2.75) is 13.3 Å². The number of hydrogen-bond acceptors (Lipinski definition) is 2. The van der Waals surface area contributed by atoms with E-state index in [1.807, 2.05) is 0 Å². The Morgan fingerprint density at radius 3 is 2.60 bits per heavy atom. The zero-order valence-electron chi connectivity index (χ0n) is 8.99. The third-order valence-corrected chi connectivity index (χ3v) is 2.02. The van der Waals surface area contributed by atoms with Crippen molar-refractivity contribution >= 4 is 12.0 Å². The van der Waals surface area contributed by atoms with E-state index in [0.29, 0.717) is 6.42 Å². The Morgan fingerprint density at radius 1 is 1.60 bits per heavy atom. The molecule has 0 rings (SSSR count). The number of rotatable bonds is 5. The van der Waals surface area contributed by atoms with Crippen molar-refractivity contribution in [3.8, 4) is 12.3 Å². The molecule has 5 heteroatoms. The van der Waals surface area contributed by atoms with Crippen LogP contribution >= 0.6 is 0 Å². The van der Waals surface area contributed by atoms with E-state index in [9.17, 15) is 9.59 Å². The number of carboxylic acid groups (broad SMARTS) is 1. The van der Waals surface area contributed by atoms with Gasteiger partial charge in [-0.3, -0.25) is 4.79 Å². The molecule has 84 valence electrons. The average Bonchev–Trinajstić information content (AvgIpc) is 2.18. The summed E-state index contributed by atoms with van der Waals surface area (Å²) in [7, 11) is 1.55. The average molecular weight is 212 g/mol. The molecule has 0 saturated carbocycles. The molecule has 15 heavy (non-hydrogen) atoms. The van der Waals surface area contributed by atoms with Crippen LogP contribution in [0.5, 0.6) is 0 Å². The van der Waals surface area contributed by atoms with E-state index in [-0.39, 0.29) is 19.1 Å². The quantitative estimate of drug-likeness (QED) is 0.647. The number of nitrogens with one attached hydrogen (secondary N) is 1. The van der Waals surface area contributed by atoms with Gasteiger partial charge in [-0.2, -0.15) is 0 Å². The minimum absolute atomic E-state index is 0.125. The van der Waals surface area contributed by atoms with Crippen molar-refractivity contribution in [3.05, 3.63) is 0 Å². The summed E-state index contributed by atoms with van der Waals surface area (Å²) in [4.78, 5) is 23.3. The fourth-order valence-electron chi connectivity index (χ4n) is 0.960. The number of amides is 2. The molecule has 0 aromatic heterocycles. The first kappa shape index (κ1) is 13.3. The zero-order chi connectivity index (χ0) is 11.8. The Hall–Kier alpha value is -1.70. The van der Waals surface area contributed by atoms with E-state index in [2.05, 4.69) is 11.2 Å². The smallest absolute Gasteiger partial charge is 0.317 e. The monoisotopic (exact) mass is 212 g/mol. The standard InChI is InChI=1S/C10H16N2O3/c1-4-6-12(3)10(15)11-7-8(5-2)9(13)14/h1,8H,5-7H2,2-3H3,(H,11,15)(H,13,14). The molecule has 0 fully saturated rings. The van der Waals surface area contributed by atoms with E-state index in [1.54, 1.807) is 14.0 Å². The predicted molar refractivity (Wildman–Crippen MR) is 56.3 cm³/mol. The molecule has 0 aromatic rings. The van der Waals surface area contributed by atoms with Crippen LogP contribution in [0, 0.1) is 18.3 Å². The Bertz CT molecular complexity index is 270. The molecule has 5 nitrogen and oxygen atoms in total. The van der Waals surface area contributed by atoms with E-state index in [0.717, 1.165) is 0 Å². The summed E-state index contributed by atoms with van der Waals surface area (Å²) in [5.41, 5.74) is 0. The van der Waals surface area contributed by atoms with Gasteiger partial charge in [0.25, 0.3) is 0 Å². The second-order valence-corrected chi connectivity index (χ2v) is 3.19. The lowest BCUT2D eigenvalue weighted by Gasteiger charge is -2.17. The van der Waals surface area contributed by atoms with Gasteiger partial charge in [0.2, 0.25) is 0 Å². The van der Waals surface area contributed by atoms with E-state index < -0.39 is 11.9 Å². The number of terminal acetylenes is 1. The maximum atomic E-state index is 11.3. The van der Waals surface area contributed by atoms with Gasteiger partial charge in [-0.25, -0.2) is 4.79 Å². The second-order valence-electron chi connectivity index (χ2n) is 3.19. The van der Waals surface area contributed by atoms with Gasteiger partial charge in [-0.05, 0) is 6.42 Å². The molecule has 0 heterocycles. The summed E-state index contributed by atoms with van der Waals surface area (Å²) in [5, 5.41) is 11.2. The molecule has 1 unspecified atom stereocenters. The molecule has 0 radical (unpaired) electrons. The Balaban J connectivity index is 3.99. The van der Waals surface area contributed by atoms with Gasteiger partial charge in [0, 0.05) is 13.6 Å². The number of carbonyl (C=O) groups is 2. The number of aliphatic carboxylic acids is 1. The molecular weight excluding hydrogens is 196 g/mol. The zero-order valence-corrected chi connectivity index (χ0v) is 8.99. The topological polar surface area (TPSA) is 69.6 Å². The van der Waals surface area contributed by atoms with Crippen LogP contribution in [0.25, 0.3) is 0 Å².